The van der Waals surface area contributed by atoms with Gasteiger partial charge in [-0.05, 0) is 54.3 Å². The number of rotatable bonds is 3. The number of benzene rings is 2. The van der Waals surface area contributed by atoms with E-state index in [1.807, 2.05) is 18.2 Å². The Bertz CT molecular complexity index is 1080. The highest BCUT2D eigenvalue weighted by molar-refractivity contribution is 5.77. The molecule has 0 atom stereocenters. The standard InChI is InChI=1S/C23H24F2N4O/c1-28-14-17(13-27-28)19-10-15-3-2-7-29(21(15)11-20(19)23(24)25)18-4-5-22-16(9-18)12-26-6-8-30-22/h4-5,9-11,13-14,23,26H,2-3,6-8,12H2,1H3. The molecule has 0 radical (unpaired) electrons. The summed E-state index contributed by atoms with van der Waals surface area (Å²) in [5.74, 6) is 0.890. The van der Waals surface area contributed by atoms with Crippen LogP contribution in [0.3, 0.4) is 0 Å². The zero-order valence-electron chi connectivity index (χ0n) is 16.9. The third kappa shape index (κ3) is 3.43. The Labute approximate surface area is 174 Å². The van der Waals surface area contributed by atoms with E-state index in [4.69, 9.17) is 4.74 Å². The summed E-state index contributed by atoms with van der Waals surface area (Å²) < 4.78 is 35.5. The molecule has 1 aromatic heterocycles. The quantitative estimate of drug-likeness (QED) is 0.686. The van der Waals surface area contributed by atoms with E-state index in [1.54, 1.807) is 30.2 Å². The predicted molar refractivity (Wildman–Crippen MR) is 113 cm³/mol. The fraction of sp³-hybridized carbons (Fsp3) is 0.348. The zero-order chi connectivity index (χ0) is 20.7. The largest absolute Gasteiger partial charge is 0.492 e. The SMILES string of the molecule is Cn1cc(-c2cc3c(cc2C(F)F)N(c2ccc4c(c2)CNCCO4)CCC3)cn1. The average molecular weight is 410 g/mol. The highest BCUT2D eigenvalue weighted by Crippen LogP contribution is 2.42. The number of alkyl halides is 2. The van der Waals surface area contributed by atoms with E-state index in [0.29, 0.717) is 12.2 Å². The van der Waals surface area contributed by atoms with Crippen molar-refractivity contribution in [2.75, 3.05) is 24.6 Å². The second-order valence-corrected chi connectivity index (χ2v) is 7.84. The summed E-state index contributed by atoms with van der Waals surface area (Å²) in [6.07, 6.45) is 2.72. The number of aromatic nitrogens is 2. The number of anilines is 2. The fourth-order valence-electron chi connectivity index (χ4n) is 4.38. The monoisotopic (exact) mass is 410 g/mol. The van der Waals surface area contributed by atoms with Gasteiger partial charge in [0.15, 0.2) is 0 Å². The van der Waals surface area contributed by atoms with Gasteiger partial charge in [0, 0.05) is 60.9 Å². The summed E-state index contributed by atoms with van der Waals surface area (Å²) in [5.41, 5.74) is 5.41. The van der Waals surface area contributed by atoms with Gasteiger partial charge >= 0.3 is 0 Å². The molecule has 7 heteroatoms. The number of hydrogen-bond acceptors (Lipinski definition) is 4. The first-order valence-corrected chi connectivity index (χ1v) is 10.3. The summed E-state index contributed by atoms with van der Waals surface area (Å²) in [6.45, 7) is 3.00. The van der Waals surface area contributed by atoms with Crippen LogP contribution in [0.15, 0.2) is 42.7 Å². The van der Waals surface area contributed by atoms with Gasteiger partial charge in [0.1, 0.15) is 12.4 Å². The van der Waals surface area contributed by atoms with Crippen LogP contribution in [0, 0.1) is 0 Å². The third-order valence-electron chi connectivity index (χ3n) is 5.83. The van der Waals surface area contributed by atoms with Crippen molar-refractivity contribution in [3.05, 3.63) is 59.4 Å². The van der Waals surface area contributed by atoms with Gasteiger partial charge in [-0.3, -0.25) is 4.68 Å². The number of fused-ring (bicyclic) bond motifs is 2. The molecule has 5 rings (SSSR count). The summed E-state index contributed by atoms with van der Waals surface area (Å²) >= 11 is 0. The minimum atomic E-state index is -2.56. The van der Waals surface area contributed by atoms with Gasteiger partial charge in [-0.2, -0.15) is 5.10 Å². The lowest BCUT2D eigenvalue weighted by Crippen LogP contribution is -2.25. The molecule has 3 aromatic rings. The normalized spacial score (nSPS) is 16.1. The molecule has 5 nitrogen and oxygen atoms in total. The average Bonchev–Trinajstić information content (AvgIpc) is 3.04. The van der Waals surface area contributed by atoms with Crippen molar-refractivity contribution in [2.45, 2.75) is 25.8 Å². The molecule has 2 aliphatic rings. The number of hydrogen-bond donors (Lipinski definition) is 1. The van der Waals surface area contributed by atoms with Crippen molar-refractivity contribution in [3.8, 4) is 16.9 Å². The van der Waals surface area contributed by atoms with E-state index in [-0.39, 0.29) is 5.56 Å². The molecular weight excluding hydrogens is 386 g/mol. The molecule has 0 spiro atoms. The smallest absolute Gasteiger partial charge is 0.264 e. The van der Waals surface area contributed by atoms with E-state index in [1.165, 1.54) is 0 Å². The van der Waals surface area contributed by atoms with Gasteiger partial charge in [-0.1, -0.05) is 0 Å². The molecule has 0 amide bonds. The Morgan fingerprint density at radius 3 is 2.87 bits per heavy atom. The van der Waals surface area contributed by atoms with Gasteiger partial charge in [0.05, 0.1) is 6.20 Å². The summed E-state index contributed by atoms with van der Waals surface area (Å²) in [7, 11) is 1.79. The predicted octanol–water partition coefficient (Wildman–Crippen LogP) is 4.59. The summed E-state index contributed by atoms with van der Waals surface area (Å²) in [5, 5.41) is 7.51. The lowest BCUT2D eigenvalue weighted by atomic mass is 9.92. The van der Waals surface area contributed by atoms with Gasteiger partial charge in [0.25, 0.3) is 6.43 Å². The number of aryl methyl sites for hydroxylation is 2. The summed E-state index contributed by atoms with van der Waals surface area (Å²) in [6, 6.07) is 9.72. The van der Waals surface area contributed by atoms with Crippen molar-refractivity contribution in [1.82, 2.24) is 15.1 Å². The van der Waals surface area contributed by atoms with Crippen LogP contribution in [0.25, 0.3) is 11.1 Å². The van der Waals surface area contributed by atoms with E-state index in [9.17, 15) is 8.78 Å². The highest BCUT2D eigenvalue weighted by Gasteiger charge is 2.25. The Kier molecular flexibility index (Phi) is 4.90. The first kappa shape index (κ1) is 19.1. The zero-order valence-corrected chi connectivity index (χ0v) is 16.9. The molecule has 1 N–H and O–H groups in total. The topological polar surface area (TPSA) is 42.3 Å². The van der Waals surface area contributed by atoms with Crippen molar-refractivity contribution in [3.63, 3.8) is 0 Å². The number of halogens is 2. The lowest BCUT2D eigenvalue weighted by molar-refractivity contribution is 0.152. The Morgan fingerprint density at radius 2 is 2.07 bits per heavy atom. The van der Waals surface area contributed by atoms with Crippen molar-refractivity contribution in [2.24, 2.45) is 7.05 Å². The van der Waals surface area contributed by atoms with Crippen LogP contribution >= 0.6 is 0 Å². The minimum Gasteiger partial charge on any atom is -0.492 e. The fourth-order valence-corrected chi connectivity index (χ4v) is 4.38. The molecule has 2 aromatic carbocycles. The molecular formula is C23H24F2N4O. The van der Waals surface area contributed by atoms with Gasteiger partial charge < -0.3 is 15.0 Å². The van der Waals surface area contributed by atoms with Crippen LogP contribution in [0.5, 0.6) is 5.75 Å². The molecule has 0 unspecified atom stereocenters. The maximum absolute atomic E-state index is 14.0. The highest BCUT2D eigenvalue weighted by atomic mass is 19.3. The van der Waals surface area contributed by atoms with Gasteiger partial charge in [0.2, 0.25) is 0 Å². The van der Waals surface area contributed by atoms with E-state index < -0.39 is 6.43 Å². The number of nitrogens with one attached hydrogen (secondary N) is 1. The molecule has 0 fully saturated rings. The van der Waals surface area contributed by atoms with Crippen molar-refractivity contribution < 1.29 is 13.5 Å². The van der Waals surface area contributed by atoms with Crippen LogP contribution in [-0.4, -0.2) is 29.5 Å². The van der Waals surface area contributed by atoms with Crippen molar-refractivity contribution >= 4 is 11.4 Å². The molecule has 0 aliphatic carbocycles. The minimum absolute atomic E-state index is 0.0495. The van der Waals surface area contributed by atoms with Gasteiger partial charge in [-0.25, -0.2) is 8.78 Å². The van der Waals surface area contributed by atoms with E-state index in [0.717, 1.165) is 66.3 Å². The first-order valence-electron chi connectivity index (χ1n) is 10.3. The van der Waals surface area contributed by atoms with Crippen LogP contribution in [0.2, 0.25) is 0 Å². The first-order chi connectivity index (χ1) is 14.6. The molecule has 0 saturated heterocycles. The summed E-state index contributed by atoms with van der Waals surface area (Å²) in [4.78, 5) is 2.16. The van der Waals surface area contributed by atoms with Crippen LogP contribution in [-0.2, 0) is 20.0 Å². The van der Waals surface area contributed by atoms with Crippen LogP contribution in [0.4, 0.5) is 20.2 Å². The second kappa shape index (κ2) is 7.72. The molecule has 0 saturated carbocycles. The molecule has 30 heavy (non-hydrogen) atoms. The van der Waals surface area contributed by atoms with Crippen molar-refractivity contribution in [1.29, 1.82) is 0 Å². The second-order valence-electron chi connectivity index (χ2n) is 7.84. The van der Waals surface area contributed by atoms with E-state index >= 15 is 0 Å². The van der Waals surface area contributed by atoms with Gasteiger partial charge in [-0.15, -0.1) is 0 Å². The number of ether oxygens (including phenoxy) is 1. The van der Waals surface area contributed by atoms with E-state index in [2.05, 4.69) is 21.4 Å². The third-order valence-corrected chi connectivity index (χ3v) is 5.83. The lowest BCUT2D eigenvalue weighted by Gasteiger charge is -2.33. The molecule has 3 heterocycles. The Balaban J connectivity index is 1.59. The molecule has 2 aliphatic heterocycles. The number of nitrogens with zero attached hydrogens (tertiary/aromatic N) is 3. The maximum atomic E-state index is 14.0. The van der Waals surface area contributed by atoms with Crippen LogP contribution in [0.1, 0.15) is 29.5 Å². The van der Waals surface area contributed by atoms with Crippen LogP contribution < -0.4 is 15.0 Å². The molecule has 0 bridgehead atoms. The molecule has 156 valence electrons. The Hall–Kier alpha value is -2.93. The maximum Gasteiger partial charge on any atom is 0.264 e. The Morgan fingerprint density at radius 1 is 1.17 bits per heavy atom.